The van der Waals surface area contributed by atoms with Crippen molar-refractivity contribution in [2.45, 2.75) is 20.3 Å². The molecule has 0 saturated carbocycles. The van der Waals surface area contributed by atoms with Crippen molar-refractivity contribution in [3.05, 3.63) is 53.2 Å². The summed E-state index contributed by atoms with van der Waals surface area (Å²) in [4.78, 5) is 4.29. The zero-order chi connectivity index (χ0) is 13.0. The first kappa shape index (κ1) is 12.6. The molecule has 0 fully saturated rings. The summed E-state index contributed by atoms with van der Waals surface area (Å²) in [6.45, 7) is 4.71. The van der Waals surface area contributed by atoms with E-state index in [0.29, 0.717) is 12.4 Å². The Balaban J connectivity index is 2.31. The van der Waals surface area contributed by atoms with E-state index in [9.17, 15) is 0 Å². The van der Waals surface area contributed by atoms with E-state index in [-0.39, 0.29) is 0 Å². The van der Waals surface area contributed by atoms with Crippen molar-refractivity contribution < 1.29 is 4.74 Å². The molecule has 1 aromatic heterocycles. The Morgan fingerprint density at radius 2 is 2.00 bits per heavy atom. The van der Waals surface area contributed by atoms with Crippen LogP contribution in [0.5, 0.6) is 11.6 Å². The molecule has 1 aromatic carbocycles. The third kappa shape index (κ3) is 2.68. The second-order valence-electron chi connectivity index (χ2n) is 4.31. The molecule has 2 rings (SSSR count). The van der Waals surface area contributed by atoms with Crippen LogP contribution in [-0.2, 0) is 6.42 Å². The van der Waals surface area contributed by atoms with E-state index >= 15 is 0 Å². The standard InChI is InChI=1S/C15H18N2O/c1-11-5-3-7-14(12(11)2)18-15-13(8-9-16)6-4-10-17-15/h3-7,10H,8-9,16H2,1-2H3. The van der Waals surface area contributed by atoms with Crippen LogP contribution in [0.1, 0.15) is 16.7 Å². The number of rotatable bonds is 4. The second-order valence-corrected chi connectivity index (χ2v) is 4.31. The summed E-state index contributed by atoms with van der Waals surface area (Å²) in [6.07, 6.45) is 2.51. The van der Waals surface area contributed by atoms with E-state index < -0.39 is 0 Å². The molecule has 0 aliphatic carbocycles. The zero-order valence-corrected chi connectivity index (χ0v) is 10.8. The Morgan fingerprint density at radius 1 is 1.17 bits per heavy atom. The maximum Gasteiger partial charge on any atom is 0.222 e. The zero-order valence-electron chi connectivity index (χ0n) is 10.8. The lowest BCUT2D eigenvalue weighted by atomic mass is 10.1. The maximum atomic E-state index is 5.91. The lowest BCUT2D eigenvalue weighted by Gasteiger charge is -2.12. The molecule has 2 N–H and O–H groups in total. The molecule has 0 spiro atoms. The van der Waals surface area contributed by atoms with Crippen molar-refractivity contribution in [2.75, 3.05) is 6.54 Å². The third-order valence-electron chi connectivity index (χ3n) is 3.03. The van der Waals surface area contributed by atoms with Crippen molar-refractivity contribution in [1.82, 2.24) is 4.98 Å². The first-order chi connectivity index (χ1) is 8.72. The van der Waals surface area contributed by atoms with E-state index in [1.54, 1.807) is 6.20 Å². The summed E-state index contributed by atoms with van der Waals surface area (Å²) in [5, 5.41) is 0. The molecule has 0 unspecified atom stereocenters. The van der Waals surface area contributed by atoms with Gasteiger partial charge in [-0.3, -0.25) is 0 Å². The average Bonchev–Trinajstić information content (AvgIpc) is 2.37. The summed E-state index contributed by atoms with van der Waals surface area (Å²) in [6, 6.07) is 9.93. The molecular weight excluding hydrogens is 224 g/mol. The number of benzene rings is 1. The highest BCUT2D eigenvalue weighted by Crippen LogP contribution is 2.27. The van der Waals surface area contributed by atoms with Crippen molar-refractivity contribution >= 4 is 0 Å². The van der Waals surface area contributed by atoms with Crippen LogP contribution in [0.4, 0.5) is 0 Å². The fraction of sp³-hybridized carbons (Fsp3) is 0.267. The molecule has 0 aliphatic heterocycles. The molecule has 2 aromatic rings. The summed E-state index contributed by atoms with van der Waals surface area (Å²) >= 11 is 0. The Morgan fingerprint density at radius 3 is 2.78 bits per heavy atom. The van der Waals surface area contributed by atoms with E-state index in [2.05, 4.69) is 24.9 Å². The van der Waals surface area contributed by atoms with E-state index in [1.165, 1.54) is 5.56 Å². The summed E-state index contributed by atoms with van der Waals surface area (Å²) in [7, 11) is 0. The summed E-state index contributed by atoms with van der Waals surface area (Å²) in [5.41, 5.74) is 8.99. The number of ether oxygens (including phenoxy) is 1. The number of hydrogen-bond donors (Lipinski definition) is 1. The lowest BCUT2D eigenvalue weighted by Crippen LogP contribution is -2.05. The topological polar surface area (TPSA) is 48.1 Å². The molecule has 1 heterocycles. The quantitative estimate of drug-likeness (QED) is 0.896. The van der Waals surface area contributed by atoms with Crippen LogP contribution in [-0.4, -0.2) is 11.5 Å². The molecule has 18 heavy (non-hydrogen) atoms. The molecule has 0 bridgehead atoms. The van der Waals surface area contributed by atoms with Crippen LogP contribution in [0.3, 0.4) is 0 Å². The number of nitrogens with zero attached hydrogens (tertiary/aromatic N) is 1. The van der Waals surface area contributed by atoms with Crippen LogP contribution < -0.4 is 10.5 Å². The highest BCUT2D eigenvalue weighted by atomic mass is 16.5. The Bertz CT molecular complexity index is 538. The minimum Gasteiger partial charge on any atom is -0.438 e. The van der Waals surface area contributed by atoms with Gasteiger partial charge in [-0.15, -0.1) is 0 Å². The maximum absolute atomic E-state index is 5.91. The Labute approximate surface area is 108 Å². The van der Waals surface area contributed by atoms with Crippen LogP contribution in [0, 0.1) is 13.8 Å². The molecule has 0 saturated heterocycles. The largest absolute Gasteiger partial charge is 0.438 e. The highest BCUT2D eigenvalue weighted by molar-refractivity contribution is 5.41. The van der Waals surface area contributed by atoms with Gasteiger partial charge < -0.3 is 10.5 Å². The average molecular weight is 242 g/mol. The van der Waals surface area contributed by atoms with E-state index in [0.717, 1.165) is 23.3 Å². The lowest BCUT2D eigenvalue weighted by molar-refractivity contribution is 0.452. The van der Waals surface area contributed by atoms with Gasteiger partial charge in [0.25, 0.3) is 0 Å². The molecule has 0 radical (unpaired) electrons. The molecule has 0 aliphatic rings. The van der Waals surface area contributed by atoms with Gasteiger partial charge in [-0.1, -0.05) is 18.2 Å². The number of aryl methyl sites for hydroxylation is 1. The predicted molar refractivity (Wildman–Crippen MR) is 73.0 cm³/mol. The first-order valence-electron chi connectivity index (χ1n) is 6.10. The fourth-order valence-corrected chi connectivity index (χ4v) is 1.80. The number of pyridine rings is 1. The van der Waals surface area contributed by atoms with Crippen molar-refractivity contribution in [2.24, 2.45) is 5.73 Å². The van der Waals surface area contributed by atoms with Crippen molar-refractivity contribution in [1.29, 1.82) is 0 Å². The summed E-state index contributed by atoms with van der Waals surface area (Å²) in [5.74, 6) is 1.50. The molecule has 3 heteroatoms. The number of nitrogens with two attached hydrogens (primary N) is 1. The minimum atomic E-state index is 0.592. The number of hydrogen-bond acceptors (Lipinski definition) is 3. The second kappa shape index (κ2) is 5.65. The SMILES string of the molecule is Cc1cccc(Oc2ncccc2CCN)c1C. The first-order valence-corrected chi connectivity index (χ1v) is 6.10. The smallest absolute Gasteiger partial charge is 0.222 e. The van der Waals surface area contributed by atoms with Crippen LogP contribution in [0.15, 0.2) is 36.5 Å². The Kier molecular flexibility index (Phi) is 3.95. The normalized spacial score (nSPS) is 10.4. The van der Waals surface area contributed by atoms with E-state index in [1.807, 2.05) is 24.3 Å². The van der Waals surface area contributed by atoms with Gasteiger partial charge >= 0.3 is 0 Å². The minimum absolute atomic E-state index is 0.592. The highest BCUT2D eigenvalue weighted by Gasteiger charge is 2.08. The molecule has 94 valence electrons. The van der Waals surface area contributed by atoms with Gasteiger partial charge in [0, 0.05) is 11.8 Å². The van der Waals surface area contributed by atoms with Gasteiger partial charge in [0.2, 0.25) is 5.88 Å². The van der Waals surface area contributed by atoms with Crippen molar-refractivity contribution in [3.8, 4) is 11.6 Å². The van der Waals surface area contributed by atoms with Crippen LogP contribution in [0.25, 0.3) is 0 Å². The fourth-order valence-electron chi connectivity index (χ4n) is 1.80. The van der Waals surface area contributed by atoms with Crippen molar-refractivity contribution in [3.63, 3.8) is 0 Å². The molecule has 0 atom stereocenters. The molecule has 3 nitrogen and oxygen atoms in total. The Hall–Kier alpha value is -1.87. The molecule has 0 amide bonds. The molecular formula is C15H18N2O. The van der Waals surface area contributed by atoms with Gasteiger partial charge in [0.15, 0.2) is 0 Å². The van der Waals surface area contributed by atoms with Gasteiger partial charge in [0.05, 0.1) is 0 Å². The van der Waals surface area contributed by atoms with Crippen LogP contribution >= 0.6 is 0 Å². The van der Waals surface area contributed by atoms with Crippen LogP contribution in [0.2, 0.25) is 0 Å². The van der Waals surface area contributed by atoms with Gasteiger partial charge in [-0.05, 0) is 50.1 Å². The predicted octanol–water partition coefficient (Wildman–Crippen LogP) is 2.99. The number of aromatic nitrogens is 1. The van der Waals surface area contributed by atoms with E-state index in [4.69, 9.17) is 10.5 Å². The monoisotopic (exact) mass is 242 g/mol. The third-order valence-corrected chi connectivity index (χ3v) is 3.03. The summed E-state index contributed by atoms with van der Waals surface area (Å²) < 4.78 is 5.91. The van der Waals surface area contributed by atoms with Gasteiger partial charge in [0.1, 0.15) is 5.75 Å². The van der Waals surface area contributed by atoms with Gasteiger partial charge in [-0.2, -0.15) is 0 Å². The van der Waals surface area contributed by atoms with Gasteiger partial charge in [-0.25, -0.2) is 4.98 Å².